The molecular formula is C16H24BrN3O. The van der Waals surface area contributed by atoms with Gasteiger partial charge >= 0.3 is 0 Å². The molecule has 0 radical (unpaired) electrons. The first-order valence-corrected chi connectivity index (χ1v) is 8.30. The molecule has 2 rings (SSSR count). The van der Waals surface area contributed by atoms with Crippen LogP contribution in [-0.2, 0) is 11.3 Å². The SMILES string of the molecule is CC(C)CNCc1ccc(Br)cc1N1CCC(C(N)=O)C1. The predicted molar refractivity (Wildman–Crippen MR) is 90.2 cm³/mol. The zero-order valence-electron chi connectivity index (χ0n) is 12.7. The number of carbonyl (C=O) groups excluding carboxylic acids is 1. The van der Waals surface area contributed by atoms with Gasteiger partial charge in [-0.3, -0.25) is 4.79 Å². The zero-order valence-corrected chi connectivity index (χ0v) is 14.3. The number of primary amides is 1. The minimum atomic E-state index is -0.188. The van der Waals surface area contributed by atoms with E-state index < -0.39 is 0 Å². The molecule has 0 aromatic heterocycles. The maximum atomic E-state index is 11.4. The second kappa shape index (κ2) is 7.27. The Bertz CT molecular complexity index is 504. The zero-order chi connectivity index (χ0) is 15.4. The summed E-state index contributed by atoms with van der Waals surface area (Å²) in [5, 5.41) is 3.48. The number of benzene rings is 1. The number of hydrogen-bond donors (Lipinski definition) is 2. The first kappa shape index (κ1) is 16.3. The third kappa shape index (κ3) is 4.45. The van der Waals surface area contributed by atoms with Crippen LogP contribution in [0.2, 0.25) is 0 Å². The van der Waals surface area contributed by atoms with Crippen LogP contribution < -0.4 is 16.0 Å². The maximum absolute atomic E-state index is 11.4. The topological polar surface area (TPSA) is 58.4 Å². The van der Waals surface area contributed by atoms with Crippen molar-refractivity contribution < 1.29 is 4.79 Å². The largest absolute Gasteiger partial charge is 0.370 e. The predicted octanol–water partition coefficient (Wildman–Crippen LogP) is 2.51. The molecule has 21 heavy (non-hydrogen) atoms. The smallest absolute Gasteiger partial charge is 0.222 e. The highest BCUT2D eigenvalue weighted by molar-refractivity contribution is 9.10. The van der Waals surface area contributed by atoms with Crippen LogP contribution in [0.25, 0.3) is 0 Å². The molecule has 0 bridgehead atoms. The van der Waals surface area contributed by atoms with Crippen molar-refractivity contribution in [3.05, 3.63) is 28.2 Å². The van der Waals surface area contributed by atoms with Crippen molar-refractivity contribution >= 4 is 27.5 Å². The normalized spacial score (nSPS) is 18.5. The molecule has 1 atom stereocenters. The van der Waals surface area contributed by atoms with Gasteiger partial charge in [0.05, 0.1) is 5.92 Å². The first-order valence-electron chi connectivity index (χ1n) is 7.50. The number of nitrogens with zero attached hydrogens (tertiary/aromatic N) is 1. The van der Waals surface area contributed by atoms with E-state index in [0.29, 0.717) is 5.92 Å². The number of carbonyl (C=O) groups is 1. The maximum Gasteiger partial charge on any atom is 0.222 e. The molecule has 0 spiro atoms. The number of halogens is 1. The van der Waals surface area contributed by atoms with E-state index in [9.17, 15) is 4.79 Å². The fourth-order valence-electron chi connectivity index (χ4n) is 2.69. The second-order valence-corrected chi connectivity index (χ2v) is 7.05. The minimum Gasteiger partial charge on any atom is -0.370 e. The quantitative estimate of drug-likeness (QED) is 0.825. The standard InChI is InChI=1S/C16H24BrN3O/c1-11(2)8-19-9-12-3-4-14(17)7-15(12)20-6-5-13(10-20)16(18)21/h3-4,7,11,13,19H,5-6,8-10H2,1-2H3,(H2,18,21). The van der Waals surface area contributed by atoms with E-state index in [1.807, 2.05) is 0 Å². The van der Waals surface area contributed by atoms with E-state index in [0.717, 1.165) is 37.1 Å². The lowest BCUT2D eigenvalue weighted by atomic mass is 10.1. The average Bonchev–Trinajstić information content (AvgIpc) is 2.89. The fraction of sp³-hybridized carbons (Fsp3) is 0.562. The van der Waals surface area contributed by atoms with Gasteiger partial charge in [-0.05, 0) is 36.6 Å². The van der Waals surface area contributed by atoms with Crippen molar-refractivity contribution in [2.45, 2.75) is 26.8 Å². The number of nitrogens with one attached hydrogen (secondary N) is 1. The lowest BCUT2D eigenvalue weighted by Crippen LogP contribution is -2.28. The van der Waals surface area contributed by atoms with Crippen LogP contribution in [0.4, 0.5) is 5.69 Å². The summed E-state index contributed by atoms with van der Waals surface area (Å²) in [4.78, 5) is 13.6. The van der Waals surface area contributed by atoms with E-state index in [-0.39, 0.29) is 11.8 Å². The Balaban J connectivity index is 2.10. The molecule has 1 aliphatic rings. The van der Waals surface area contributed by atoms with Gasteiger partial charge in [-0.2, -0.15) is 0 Å². The molecule has 4 nitrogen and oxygen atoms in total. The molecular weight excluding hydrogens is 330 g/mol. The van der Waals surface area contributed by atoms with E-state index in [2.05, 4.69) is 58.2 Å². The number of rotatable bonds is 6. The monoisotopic (exact) mass is 353 g/mol. The van der Waals surface area contributed by atoms with Crippen molar-refractivity contribution in [3.8, 4) is 0 Å². The number of hydrogen-bond acceptors (Lipinski definition) is 3. The van der Waals surface area contributed by atoms with E-state index in [4.69, 9.17) is 5.73 Å². The Kier molecular flexibility index (Phi) is 5.65. The van der Waals surface area contributed by atoms with Crippen LogP contribution >= 0.6 is 15.9 Å². The summed E-state index contributed by atoms with van der Waals surface area (Å²) in [6, 6.07) is 6.34. The molecule has 116 valence electrons. The van der Waals surface area contributed by atoms with Gasteiger partial charge in [0.1, 0.15) is 0 Å². The van der Waals surface area contributed by atoms with Crippen LogP contribution in [0.15, 0.2) is 22.7 Å². The van der Waals surface area contributed by atoms with Crippen LogP contribution in [-0.4, -0.2) is 25.5 Å². The Morgan fingerprint density at radius 2 is 2.29 bits per heavy atom. The van der Waals surface area contributed by atoms with E-state index in [1.54, 1.807) is 0 Å². The molecule has 1 aromatic rings. The van der Waals surface area contributed by atoms with Gasteiger partial charge in [0.15, 0.2) is 0 Å². The highest BCUT2D eigenvalue weighted by Crippen LogP contribution is 2.30. The van der Waals surface area contributed by atoms with Crippen molar-refractivity contribution in [2.75, 3.05) is 24.5 Å². The van der Waals surface area contributed by atoms with Crippen molar-refractivity contribution in [2.24, 2.45) is 17.6 Å². The molecule has 1 amide bonds. The Morgan fingerprint density at radius 1 is 1.52 bits per heavy atom. The van der Waals surface area contributed by atoms with Crippen molar-refractivity contribution in [1.82, 2.24) is 5.32 Å². The van der Waals surface area contributed by atoms with E-state index >= 15 is 0 Å². The van der Waals surface area contributed by atoms with Crippen LogP contribution in [0.1, 0.15) is 25.8 Å². The fourth-order valence-corrected chi connectivity index (χ4v) is 3.04. The number of anilines is 1. The summed E-state index contributed by atoms with van der Waals surface area (Å²) >= 11 is 3.54. The lowest BCUT2D eigenvalue weighted by molar-refractivity contribution is -0.121. The summed E-state index contributed by atoms with van der Waals surface area (Å²) in [7, 11) is 0. The summed E-state index contributed by atoms with van der Waals surface area (Å²) < 4.78 is 1.06. The van der Waals surface area contributed by atoms with Gasteiger partial charge in [0.2, 0.25) is 5.91 Å². The summed E-state index contributed by atoms with van der Waals surface area (Å²) in [6.45, 7) is 7.86. The second-order valence-electron chi connectivity index (χ2n) is 6.13. The highest BCUT2D eigenvalue weighted by Gasteiger charge is 2.27. The van der Waals surface area contributed by atoms with Gasteiger partial charge in [0, 0.05) is 29.8 Å². The summed E-state index contributed by atoms with van der Waals surface area (Å²) in [6.07, 6.45) is 0.848. The van der Waals surface area contributed by atoms with Gasteiger partial charge in [0.25, 0.3) is 0 Å². The molecule has 1 aliphatic heterocycles. The first-order chi connectivity index (χ1) is 9.97. The molecule has 0 aliphatic carbocycles. The van der Waals surface area contributed by atoms with Crippen molar-refractivity contribution in [3.63, 3.8) is 0 Å². The average molecular weight is 354 g/mol. The third-order valence-corrected chi connectivity index (χ3v) is 4.34. The van der Waals surface area contributed by atoms with Gasteiger partial charge in [-0.1, -0.05) is 35.8 Å². The molecule has 1 aromatic carbocycles. The summed E-state index contributed by atoms with van der Waals surface area (Å²) in [5.41, 5.74) is 7.90. The molecule has 1 unspecified atom stereocenters. The molecule has 0 saturated carbocycles. The van der Waals surface area contributed by atoms with Gasteiger partial charge in [-0.15, -0.1) is 0 Å². The molecule has 1 fully saturated rings. The molecule has 1 saturated heterocycles. The number of nitrogens with two attached hydrogens (primary N) is 1. The third-order valence-electron chi connectivity index (χ3n) is 3.85. The Morgan fingerprint density at radius 3 is 2.90 bits per heavy atom. The Hall–Kier alpha value is -1.07. The van der Waals surface area contributed by atoms with Crippen LogP contribution in [0.3, 0.4) is 0 Å². The van der Waals surface area contributed by atoms with Crippen LogP contribution in [0.5, 0.6) is 0 Å². The minimum absolute atomic E-state index is 0.0274. The molecule has 1 heterocycles. The lowest BCUT2D eigenvalue weighted by Gasteiger charge is -2.23. The van der Waals surface area contributed by atoms with Crippen LogP contribution in [0, 0.1) is 11.8 Å². The van der Waals surface area contributed by atoms with Gasteiger partial charge < -0.3 is 16.0 Å². The summed E-state index contributed by atoms with van der Waals surface area (Å²) in [5.74, 6) is 0.419. The Labute approximate surface area is 135 Å². The molecule has 3 N–H and O–H groups in total. The van der Waals surface area contributed by atoms with Crippen molar-refractivity contribution in [1.29, 1.82) is 0 Å². The molecule has 5 heteroatoms. The highest BCUT2D eigenvalue weighted by atomic mass is 79.9. The van der Waals surface area contributed by atoms with E-state index in [1.165, 1.54) is 11.3 Å². The van der Waals surface area contributed by atoms with Gasteiger partial charge in [-0.25, -0.2) is 0 Å². The number of amides is 1.